The van der Waals surface area contributed by atoms with E-state index in [1.165, 1.54) is 22.1 Å². The number of alkyl halides is 3. The number of fused-ring (bicyclic) bond motifs is 1. The Balaban J connectivity index is 1.18. The van der Waals surface area contributed by atoms with Crippen LogP contribution in [0, 0.1) is 5.82 Å². The molecule has 0 aliphatic carbocycles. The Hall–Kier alpha value is -5.73. The molecule has 5 heterocycles. The van der Waals surface area contributed by atoms with Gasteiger partial charge in [-0.15, -0.1) is 5.10 Å². The van der Waals surface area contributed by atoms with Crippen molar-refractivity contribution in [2.24, 2.45) is 0 Å². The number of ether oxygens (including phenoxy) is 1. The summed E-state index contributed by atoms with van der Waals surface area (Å²) < 4.78 is 64.8. The summed E-state index contributed by atoms with van der Waals surface area (Å²) in [6.45, 7) is 1.63. The molecular weight excluding hydrogens is 668 g/mol. The molecule has 51 heavy (non-hydrogen) atoms. The van der Waals surface area contributed by atoms with Crippen LogP contribution in [0.25, 0.3) is 27.6 Å². The van der Waals surface area contributed by atoms with Crippen LogP contribution < -0.4 is 9.64 Å². The number of anilines is 1. The summed E-state index contributed by atoms with van der Waals surface area (Å²) in [5.74, 6) is -0.683. The summed E-state index contributed by atoms with van der Waals surface area (Å²) in [4.78, 5) is 38.7. The molecule has 11 nitrogen and oxygen atoms in total. The van der Waals surface area contributed by atoms with Crippen LogP contribution in [0.1, 0.15) is 34.5 Å². The fraction of sp³-hybridized carbons (Fsp3) is 0.306. The van der Waals surface area contributed by atoms with E-state index < -0.39 is 23.5 Å². The SMILES string of the molecule is COc1ccccc1-c1cc(C2=CCCN(C(=O)CCn3ccnn3)C2)c(F)c2[nH]c(C(=O)N3CCN(c4ncccc4C(F)(F)F)CC3)cc12. The van der Waals surface area contributed by atoms with E-state index in [0.717, 1.165) is 6.07 Å². The normalized spacial score (nSPS) is 15.3. The van der Waals surface area contributed by atoms with Gasteiger partial charge in [-0.1, -0.05) is 29.5 Å². The highest BCUT2D eigenvalue weighted by Crippen LogP contribution is 2.40. The number of hydrogen-bond acceptors (Lipinski definition) is 7. The number of H-pyrrole nitrogens is 1. The van der Waals surface area contributed by atoms with Gasteiger partial charge in [0.2, 0.25) is 5.91 Å². The van der Waals surface area contributed by atoms with Gasteiger partial charge in [0.25, 0.3) is 5.91 Å². The number of piperazine rings is 1. The van der Waals surface area contributed by atoms with Crippen LogP contribution in [-0.2, 0) is 17.5 Å². The average Bonchev–Trinajstić information content (AvgIpc) is 3.85. The Morgan fingerprint density at radius 1 is 0.941 bits per heavy atom. The van der Waals surface area contributed by atoms with Crippen LogP contribution in [0.3, 0.4) is 0 Å². The molecule has 2 amide bonds. The second-order valence-corrected chi connectivity index (χ2v) is 12.4. The van der Waals surface area contributed by atoms with E-state index in [1.807, 2.05) is 24.3 Å². The Morgan fingerprint density at radius 2 is 1.75 bits per heavy atom. The molecule has 1 saturated heterocycles. The maximum absolute atomic E-state index is 16.6. The van der Waals surface area contributed by atoms with Crippen molar-refractivity contribution in [2.45, 2.75) is 25.6 Å². The minimum Gasteiger partial charge on any atom is -0.496 e. The summed E-state index contributed by atoms with van der Waals surface area (Å²) in [6.07, 6.45) is 2.66. The van der Waals surface area contributed by atoms with Crippen molar-refractivity contribution >= 4 is 34.1 Å². The van der Waals surface area contributed by atoms with Crippen molar-refractivity contribution in [3.8, 4) is 16.9 Å². The number of benzene rings is 2. The topological polar surface area (TPSA) is 112 Å². The number of amides is 2. The number of hydrogen-bond donors (Lipinski definition) is 1. The molecule has 2 aromatic carbocycles. The van der Waals surface area contributed by atoms with E-state index in [2.05, 4.69) is 20.3 Å². The molecule has 2 aliphatic heterocycles. The van der Waals surface area contributed by atoms with E-state index >= 15 is 4.39 Å². The largest absolute Gasteiger partial charge is 0.496 e. The first kappa shape index (κ1) is 33.8. The van der Waals surface area contributed by atoms with Gasteiger partial charge in [-0.25, -0.2) is 9.37 Å². The number of nitrogens with zero attached hydrogens (tertiary/aromatic N) is 7. The molecular formula is C36H34F4N8O3. The van der Waals surface area contributed by atoms with Crippen molar-refractivity contribution in [1.82, 2.24) is 34.8 Å². The lowest BCUT2D eigenvalue weighted by molar-refractivity contribution is -0.137. The second-order valence-electron chi connectivity index (χ2n) is 12.4. The highest BCUT2D eigenvalue weighted by molar-refractivity contribution is 6.05. The first-order chi connectivity index (χ1) is 24.6. The zero-order valence-electron chi connectivity index (χ0n) is 27.7. The van der Waals surface area contributed by atoms with Crippen molar-refractivity contribution in [1.29, 1.82) is 0 Å². The first-order valence-electron chi connectivity index (χ1n) is 16.5. The number of nitrogens with one attached hydrogen (secondary N) is 1. The molecule has 0 bridgehead atoms. The number of rotatable bonds is 8. The number of halogens is 4. The van der Waals surface area contributed by atoms with Gasteiger partial charge in [0.05, 0.1) is 30.9 Å². The van der Waals surface area contributed by atoms with E-state index in [1.54, 1.807) is 47.3 Å². The molecule has 264 valence electrons. The number of methoxy groups -OCH3 is 1. The predicted octanol–water partition coefficient (Wildman–Crippen LogP) is 5.66. The Morgan fingerprint density at radius 3 is 2.49 bits per heavy atom. The molecule has 1 N–H and O–H groups in total. The smallest absolute Gasteiger partial charge is 0.419 e. The quantitative estimate of drug-likeness (QED) is 0.208. The van der Waals surface area contributed by atoms with Gasteiger partial charge in [-0.3, -0.25) is 14.3 Å². The molecule has 0 saturated carbocycles. The van der Waals surface area contributed by atoms with Crippen molar-refractivity contribution in [3.05, 3.63) is 95.8 Å². The Kier molecular flexibility index (Phi) is 9.19. The number of carbonyl (C=O) groups excluding carboxylic acids is 2. The van der Waals surface area contributed by atoms with Crippen molar-refractivity contribution < 1.29 is 31.9 Å². The van der Waals surface area contributed by atoms with Crippen LogP contribution in [-0.4, -0.2) is 93.0 Å². The molecule has 5 aromatic rings. The minimum absolute atomic E-state index is 0.0898. The lowest BCUT2D eigenvalue weighted by Gasteiger charge is -2.36. The van der Waals surface area contributed by atoms with Crippen LogP contribution in [0.5, 0.6) is 5.75 Å². The van der Waals surface area contributed by atoms with E-state index in [0.29, 0.717) is 52.9 Å². The van der Waals surface area contributed by atoms with E-state index in [9.17, 15) is 22.8 Å². The van der Waals surface area contributed by atoms with Gasteiger partial charge in [-0.2, -0.15) is 13.2 Å². The fourth-order valence-corrected chi connectivity index (χ4v) is 6.73. The molecule has 0 spiro atoms. The lowest BCUT2D eigenvalue weighted by Crippen LogP contribution is -2.49. The number of pyridine rings is 1. The third kappa shape index (κ3) is 6.75. The summed E-state index contributed by atoms with van der Waals surface area (Å²) in [5, 5.41) is 8.15. The van der Waals surface area contributed by atoms with Gasteiger partial charge in [0.1, 0.15) is 17.3 Å². The maximum atomic E-state index is 16.6. The van der Waals surface area contributed by atoms with Gasteiger partial charge < -0.3 is 24.4 Å². The molecule has 7 rings (SSSR count). The highest BCUT2D eigenvalue weighted by atomic mass is 19.4. The minimum atomic E-state index is -4.57. The van der Waals surface area contributed by atoms with Crippen molar-refractivity contribution in [3.63, 3.8) is 0 Å². The van der Waals surface area contributed by atoms with Crippen LogP contribution in [0.15, 0.2) is 73.2 Å². The maximum Gasteiger partial charge on any atom is 0.419 e. The van der Waals surface area contributed by atoms with Gasteiger partial charge in [0, 0.05) is 74.6 Å². The van der Waals surface area contributed by atoms with Gasteiger partial charge >= 0.3 is 6.18 Å². The lowest BCUT2D eigenvalue weighted by atomic mass is 9.93. The molecule has 0 atom stereocenters. The zero-order valence-corrected chi connectivity index (χ0v) is 27.7. The number of aryl methyl sites for hydroxylation is 1. The van der Waals surface area contributed by atoms with E-state index in [4.69, 9.17) is 4.74 Å². The van der Waals surface area contributed by atoms with Gasteiger partial charge in [0.15, 0.2) is 5.82 Å². The summed E-state index contributed by atoms with van der Waals surface area (Å²) in [6, 6.07) is 12.9. The number of carbonyl (C=O) groups is 2. The number of aromatic nitrogens is 5. The number of para-hydroxylation sites is 1. The summed E-state index contributed by atoms with van der Waals surface area (Å²) in [7, 11) is 1.54. The average molecular weight is 703 g/mol. The predicted molar refractivity (Wildman–Crippen MR) is 181 cm³/mol. The third-order valence-corrected chi connectivity index (χ3v) is 9.31. The molecule has 3 aromatic heterocycles. The number of aromatic amines is 1. The summed E-state index contributed by atoms with van der Waals surface area (Å²) >= 11 is 0. The van der Waals surface area contributed by atoms with Gasteiger partial charge in [-0.05, 0) is 47.9 Å². The Bertz CT molecular complexity index is 2100. The standard InChI is InChI=1S/C36H34F4N8O3/c1-51-30-9-3-2-7-24(30)26-20-25(23-6-5-13-47(22-23)31(49)10-14-48-15-12-42-44-48)32(37)33-27(26)21-29(43-33)35(50)46-18-16-45(17-19-46)34-28(36(38,39)40)8-4-11-41-34/h2-4,6-9,11-12,15,20-21,43H,5,10,13-14,16-19,22H2,1H3. The molecule has 0 radical (unpaired) electrons. The van der Waals surface area contributed by atoms with Crippen LogP contribution in [0.4, 0.5) is 23.4 Å². The van der Waals surface area contributed by atoms with Crippen LogP contribution >= 0.6 is 0 Å². The molecule has 2 aliphatic rings. The highest BCUT2D eigenvalue weighted by Gasteiger charge is 2.37. The molecule has 15 heteroatoms. The van der Waals surface area contributed by atoms with Crippen LogP contribution in [0.2, 0.25) is 0 Å². The molecule has 1 fully saturated rings. The third-order valence-electron chi connectivity index (χ3n) is 9.31. The monoisotopic (exact) mass is 702 g/mol. The fourth-order valence-electron chi connectivity index (χ4n) is 6.73. The van der Waals surface area contributed by atoms with Crippen molar-refractivity contribution in [2.75, 3.05) is 51.3 Å². The first-order valence-corrected chi connectivity index (χ1v) is 16.5. The zero-order chi connectivity index (χ0) is 35.7. The van der Waals surface area contributed by atoms with E-state index in [-0.39, 0.29) is 62.1 Å². The molecule has 0 unspecified atom stereocenters. The summed E-state index contributed by atoms with van der Waals surface area (Å²) in [5.41, 5.74) is 1.68. The Labute approximate surface area is 290 Å². The second kappa shape index (κ2) is 13.9.